The van der Waals surface area contributed by atoms with Crippen LogP contribution in [0.1, 0.15) is 34.1 Å². The van der Waals surface area contributed by atoms with E-state index in [1.165, 1.54) is 20.8 Å². The molecule has 1 heterocycles. The monoisotopic (exact) mass is 376 g/mol. The Morgan fingerprint density at radius 2 is 1.77 bits per heavy atom. The van der Waals surface area contributed by atoms with Gasteiger partial charge in [-0.2, -0.15) is 0 Å². The minimum Gasteiger partial charge on any atom is -0.477 e. The van der Waals surface area contributed by atoms with Crippen LogP contribution in [0, 0.1) is 0 Å². The number of aliphatic carboxylic acids is 1. The van der Waals surface area contributed by atoms with Crippen LogP contribution >= 0.6 is 0 Å². The van der Waals surface area contributed by atoms with Crippen molar-refractivity contribution < 1.29 is 44.0 Å². The van der Waals surface area contributed by atoms with E-state index in [1.54, 1.807) is 0 Å². The summed E-state index contributed by atoms with van der Waals surface area (Å²) in [5, 5.41) is 34.5. The van der Waals surface area contributed by atoms with Gasteiger partial charge in [0.05, 0.1) is 18.2 Å². The highest BCUT2D eigenvalue weighted by Gasteiger charge is 2.54. The third-order valence-corrected chi connectivity index (χ3v) is 3.87. The number of nitrogens with one attached hydrogen (secondary N) is 2. The van der Waals surface area contributed by atoms with E-state index in [0.29, 0.717) is 0 Å². The molecule has 11 nitrogen and oxygen atoms in total. The summed E-state index contributed by atoms with van der Waals surface area (Å²) in [6, 6.07) is -2.32. The number of amides is 2. The Bertz CT molecular complexity index is 581. The standard InChI is InChI=1S/C15H24N2O9/c1-6(25-9(4)20)11(16-7(2)18)13-12(17-8(3)19)10(21)5-15(24,26-13)14(22)23/h6,10-13,21,24H,5H2,1-4H3,(H,16,18)(H,17,19)(H,22,23)/t6-,10+,11-,12-,13+,15-/m1/s1. The molecule has 1 aliphatic rings. The predicted molar refractivity (Wildman–Crippen MR) is 84.5 cm³/mol. The summed E-state index contributed by atoms with van der Waals surface area (Å²) in [4.78, 5) is 45.6. The third kappa shape index (κ3) is 5.38. The van der Waals surface area contributed by atoms with Crippen molar-refractivity contribution in [3.8, 4) is 0 Å². The summed E-state index contributed by atoms with van der Waals surface area (Å²) in [6.45, 7) is 4.89. The molecule has 2 amide bonds. The fourth-order valence-corrected chi connectivity index (χ4v) is 2.86. The molecule has 1 fully saturated rings. The molecule has 0 saturated carbocycles. The molecule has 1 aliphatic heterocycles. The maximum atomic E-state index is 11.6. The van der Waals surface area contributed by atoms with Gasteiger partial charge in [0.1, 0.15) is 12.2 Å². The van der Waals surface area contributed by atoms with Crippen LogP contribution in [0.3, 0.4) is 0 Å². The molecule has 5 N–H and O–H groups in total. The molecule has 0 aliphatic carbocycles. The third-order valence-electron chi connectivity index (χ3n) is 3.87. The molecule has 1 rings (SSSR count). The number of ether oxygens (including phenoxy) is 2. The molecule has 0 aromatic carbocycles. The first-order valence-electron chi connectivity index (χ1n) is 7.90. The summed E-state index contributed by atoms with van der Waals surface area (Å²) >= 11 is 0. The zero-order valence-corrected chi connectivity index (χ0v) is 14.9. The van der Waals surface area contributed by atoms with Crippen molar-refractivity contribution in [3.63, 3.8) is 0 Å². The Kier molecular flexibility index (Phi) is 7.07. The number of rotatable bonds is 6. The molecule has 0 aromatic heterocycles. The van der Waals surface area contributed by atoms with Crippen LogP contribution in [0.25, 0.3) is 0 Å². The second-order valence-corrected chi connectivity index (χ2v) is 6.21. The Labute approximate surface area is 149 Å². The SMILES string of the molecule is CC(=O)N[C@H]1[C@H]([C@H](NC(C)=O)[C@@H](C)OC(C)=O)O[C@@](O)(C(=O)O)C[C@@H]1O. The Morgan fingerprint density at radius 3 is 2.19 bits per heavy atom. The molecular weight excluding hydrogens is 352 g/mol. The first-order chi connectivity index (χ1) is 11.9. The number of carboxylic acid groups (broad SMARTS) is 1. The summed E-state index contributed by atoms with van der Waals surface area (Å²) in [5.41, 5.74) is 0. The normalized spacial score (nSPS) is 30.6. The van der Waals surface area contributed by atoms with Gasteiger partial charge in [-0.25, -0.2) is 4.79 Å². The van der Waals surface area contributed by atoms with Gasteiger partial charge in [0, 0.05) is 27.2 Å². The van der Waals surface area contributed by atoms with Crippen molar-refractivity contribution in [3.05, 3.63) is 0 Å². The molecule has 0 radical (unpaired) electrons. The highest BCUT2D eigenvalue weighted by atomic mass is 16.7. The summed E-state index contributed by atoms with van der Waals surface area (Å²) in [7, 11) is 0. The summed E-state index contributed by atoms with van der Waals surface area (Å²) in [6.07, 6.45) is -4.62. The smallest absolute Gasteiger partial charge is 0.364 e. The Hall–Kier alpha value is -2.24. The number of aliphatic hydroxyl groups excluding tert-OH is 1. The number of esters is 1. The van der Waals surface area contributed by atoms with E-state index in [2.05, 4.69) is 10.6 Å². The number of carbonyl (C=O) groups excluding carboxylic acids is 3. The fraction of sp³-hybridized carbons (Fsp3) is 0.733. The van der Waals surface area contributed by atoms with E-state index < -0.39 is 66.4 Å². The quantitative estimate of drug-likeness (QED) is 0.325. The first kappa shape index (κ1) is 21.8. The van der Waals surface area contributed by atoms with E-state index in [1.807, 2.05) is 0 Å². The van der Waals surface area contributed by atoms with Gasteiger partial charge in [-0.15, -0.1) is 0 Å². The number of aliphatic hydroxyl groups is 2. The average molecular weight is 376 g/mol. The number of hydrogen-bond donors (Lipinski definition) is 5. The number of hydrogen-bond acceptors (Lipinski definition) is 8. The van der Waals surface area contributed by atoms with Gasteiger partial charge in [-0.3, -0.25) is 14.4 Å². The van der Waals surface area contributed by atoms with Crippen LogP contribution in [0.2, 0.25) is 0 Å². The van der Waals surface area contributed by atoms with E-state index in [0.717, 1.165) is 6.92 Å². The van der Waals surface area contributed by atoms with Crippen LogP contribution in [-0.4, -0.2) is 75.3 Å². The maximum Gasteiger partial charge on any atom is 0.364 e. The fourth-order valence-electron chi connectivity index (χ4n) is 2.86. The van der Waals surface area contributed by atoms with Crippen molar-refractivity contribution in [2.45, 2.75) is 70.3 Å². The van der Waals surface area contributed by atoms with Crippen molar-refractivity contribution in [1.29, 1.82) is 0 Å². The van der Waals surface area contributed by atoms with Gasteiger partial charge < -0.3 is 35.4 Å². The summed E-state index contributed by atoms with van der Waals surface area (Å²) < 4.78 is 10.3. The molecular formula is C15H24N2O9. The minimum atomic E-state index is -2.74. The van der Waals surface area contributed by atoms with Crippen molar-refractivity contribution in [1.82, 2.24) is 10.6 Å². The van der Waals surface area contributed by atoms with Crippen LogP contribution in [0.15, 0.2) is 0 Å². The van der Waals surface area contributed by atoms with E-state index in [9.17, 15) is 34.5 Å². The van der Waals surface area contributed by atoms with E-state index in [4.69, 9.17) is 9.47 Å². The van der Waals surface area contributed by atoms with E-state index >= 15 is 0 Å². The largest absolute Gasteiger partial charge is 0.477 e. The molecule has 6 atom stereocenters. The first-order valence-corrected chi connectivity index (χ1v) is 7.90. The highest BCUT2D eigenvalue weighted by Crippen LogP contribution is 2.31. The molecule has 148 valence electrons. The minimum absolute atomic E-state index is 0.551. The van der Waals surface area contributed by atoms with Crippen LogP contribution < -0.4 is 10.6 Å². The lowest BCUT2D eigenvalue weighted by atomic mass is 9.87. The number of carbonyl (C=O) groups is 4. The lowest BCUT2D eigenvalue weighted by Gasteiger charge is -2.46. The maximum absolute atomic E-state index is 11.6. The van der Waals surface area contributed by atoms with Gasteiger partial charge in [0.15, 0.2) is 0 Å². The number of carboxylic acids is 1. The predicted octanol–water partition coefficient (Wildman–Crippen LogP) is -2.13. The molecule has 0 spiro atoms. The lowest BCUT2D eigenvalue weighted by Crippen LogP contribution is -2.69. The van der Waals surface area contributed by atoms with Gasteiger partial charge in [0.2, 0.25) is 11.8 Å². The Balaban J connectivity index is 3.30. The zero-order valence-electron chi connectivity index (χ0n) is 14.9. The van der Waals surface area contributed by atoms with Crippen molar-refractivity contribution in [2.24, 2.45) is 0 Å². The highest BCUT2D eigenvalue weighted by molar-refractivity contribution is 5.76. The van der Waals surface area contributed by atoms with Gasteiger partial charge in [-0.05, 0) is 6.92 Å². The molecule has 26 heavy (non-hydrogen) atoms. The van der Waals surface area contributed by atoms with Gasteiger partial charge >= 0.3 is 11.9 Å². The van der Waals surface area contributed by atoms with Crippen molar-refractivity contribution in [2.75, 3.05) is 0 Å². The Morgan fingerprint density at radius 1 is 1.19 bits per heavy atom. The van der Waals surface area contributed by atoms with Gasteiger partial charge in [-0.1, -0.05) is 0 Å². The lowest BCUT2D eigenvalue weighted by molar-refractivity contribution is -0.283. The molecule has 1 saturated heterocycles. The second-order valence-electron chi connectivity index (χ2n) is 6.21. The van der Waals surface area contributed by atoms with Crippen molar-refractivity contribution >= 4 is 23.8 Å². The molecule has 0 unspecified atom stereocenters. The topological polar surface area (TPSA) is 171 Å². The van der Waals surface area contributed by atoms with Crippen LogP contribution in [0.4, 0.5) is 0 Å². The zero-order chi connectivity index (χ0) is 20.2. The molecule has 11 heteroatoms. The van der Waals surface area contributed by atoms with Crippen LogP contribution in [-0.2, 0) is 28.7 Å². The van der Waals surface area contributed by atoms with E-state index in [-0.39, 0.29) is 0 Å². The second kappa shape index (κ2) is 8.43. The van der Waals surface area contributed by atoms with Crippen LogP contribution in [0.5, 0.6) is 0 Å². The molecule has 0 bridgehead atoms. The summed E-state index contributed by atoms with van der Waals surface area (Å²) in [5.74, 6) is -6.27. The average Bonchev–Trinajstić information content (AvgIpc) is 2.46. The molecule has 0 aromatic rings. The van der Waals surface area contributed by atoms with Gasteiger partial charge in [0.25, 0.3) is 5.79 Å².